The smallest absolute Gasteiger partial charge is 0.213 e. The Labute approximate surface area is 106 Å². The van der Waals surface area contributed by atoms with Crippen LogP contribution in [0.15, 0.2) is 42.6 Å². The minimum atomic E-state index is 0.295. The summed E-state index contributed by atoms with van der Waals surface area (Å²) < 4.78 is 5.26. The van der Waals surface area contributed by atoms with Gasteiger partial charge in [-0.05, 0) is 19.1 Å². The molecule has 0 atom stereocenters. The summed E-state index contributed by atoms with van der Waals surface area (Å²) in [4.78, 5) is 4.16. The fourth-order valence-corrected chi connectivity index (χ4v) is 1.58. The number of phenols is 1. The molecule has 0 spiro atoms. The molecule has 4 nitrogen and oxygen atoms in total. The Morgan fingerprint density at radius 2 is 2.06 bits per heavy atom. The lowest BCUT2D eigenvalue weighted by Crippen LogP contribution is -2.00. The van der Waals surface area contributed by atoms with Crippen LogP contribution in [0.5, 0.6) is 11.6 Å². The molecule has 2 rings (SSSR count). The summed E-state index contributed by atoms with van der Waals surface area (Å²) in [6.45, 7) is 3.09. The summed E-state index contributed by atoms with van der Waals surface area (Å²) in [6.07, 6.45) is 1.71. The summed E-state index contributed by atoms with van der Waals surface area (Å²) >= 11 is 0. The molecule has 0 saturated heterocycles. The third kappa shape index (κ3) is 3.13. The van der Waals surface area contributed by atoms with Crippen LogP contribution in [0.4, 0.5) is 5.69 Å². The molecule has 1 aromatic heterocycles. The normalized spacial score (nSPS) is 10.1. The zero-order valence-corrected chi connectivity index (χ0v) is 10.3. The summed E-state index contributed by atoms with van der Waals surface area (Å²) in [7, 11) is 0. The van der Waals surface area contributed by atoms with Gasteiger partial charge in [-0.1, -0.05) is 18.2 Å². The average molecular weight is 244 g/mol. The zero-order chi connectivity index (χ0) is 12.8. The van der Waals surface area contributed by atoms with Gasteiger partial charge < -0.3 is 15.2 Å². The third-order valence-corrected chi connectivity index (χ3v) is 2.50. The molecule has 0 amide bonds. The van der Waals surface area contributed by atoms with E-state index in [0.717, 1.165) is 11.3 Å². The van der Waals surface area contributed by atoms with Gasteiger partial charge in [0, 0.05) is 18.2 Å². The predicted molar refractivity (Wildman–Crippen MR) is 70.8 cm³/mol. The van der Waals surface area contributed by atoms with Crippen molar-refractivity contribution in [3.05, 3.63) is 48.2 Å². The summed E-state index contributed by atoms with van der Waals surface area (Å²) in [5.74, 6) is 0.912. The Kier molecular flexibility index (Phi) is 4.02. The van der Waals surface area contributed by atoms with Crippen molar-refractivity contribution in [1.29, 1.82) is 0 Å². The van der Waals surface area contributed by atoms with Gasteiger partial charge in [0.05, 0.1) is 18.5 Å². The first kappa shape index (κ1) is 12.2. The number of hydrogen-bond acceptors (Lipinski definition) is 4. The molecule has 94 valence electrons. The molecule has 1 heterocycles. The molecular formula is C14H16N2O2. The highest BCUT2D eigenvalue weighted by Gasteiger charge is 2.00. The van der Waals surface area contributed by atoms with E-state index in [1.807, 2.05) is 31.2 Å². The number of rotatable bonds is 5. The first-order chi connectivity index (χ1) is 8.79. The molecule has 0 fully saturated rings. The number of benzene rings is 1. The lowest BCUT2D eigenvalue weighted by Gasteiger charge is -2.08. The first-order valence-corrected chi connectivity index (χ1v) is 5.89. The van der Waals surface area contributed by atoms with Crippen LogP contribution in [0.25, 0.3) is 0 Å². The van der Waals surface area contributed by atoms with E-state index in [9.17, 15) is 5.11 Å². The third-order valence-electron chi connectivity index (χ3n) is 2.50. The van der Waals surface area contributed by atoms with Gasteiger partial charge >= 0.3 is 0 Å². The second-order valence-corrected chi connectivity index (χ2v) is 3.80. The van der Waals surface area contributed by atoms with E-state index in [0.29, 0.717) is 24.8 Å². The number of anilines is 1. The van der Waals surface area contributed by atoms with Gasteiger partial charge in [-0.15, -0.1) is 0 Å². The maximum absolute atomic E-state index is 9.63. The Morgan fingerprint density at radius 3 is 2.72 bits per heavy atom. The molecule has 18 heavy (non-hydrogen) atoms. The van der Waals surface area contributed by atoms with E-state index >= 15 is 0 Å². The van der Waals surface area contributed by atoms with E-state index < -0.39 is 0 Å². The molecule has 0 aliphatic carbocycles. The van der Waals surface area contributed by atoms with E-state index in [2.05, 4.69) is 10.3 Å². The number of hydrogen-bond donors (Lipinski definition) is 2. The Hall–Kier alpha value is -2.23. The number of para-hydroxylation sites is 1. The molecule has 0 unspecified atom stereocenters. The number of nitrogens with zero attached hydrogens (tertiary/aromatic N) is 1. The SMILES string of the molecule is CCOc1ccc(NCc2ccccc2O)cn1. The molecule has 0 bridgehead atoms. The highest BCUT2D eigenvalue weighted by atomic mass is 16.5. The predicted octanol–water partition coefficient (Wildman–Crippen LogP) is 2.80. The fraction of sp³-hybridized carbons (Fsp3) is 0.214. The summed E-state index contributed by atoms with van der Waals surface area (Å²) in [5, 5.41) is 12.8. The van der Waals surface area contributed by atoms with E-state index in [-0.39, 0.29) is 0 Å². The lowest BCUT2D eigenvalue weighted by atomic mass is 10.2. The molecule has 4 heteroatoms. The van der Waals surface area contributed by atoms with Crippen LogP contribution in [-0.2, 0) is 6.54 Å². The number of pyridine rings is 1. The number of nitrogens with one attached hydrogen (secondary N) is 1. The van der Waals surface area contributed by atoms with Gasteiger partial charge in [0.1, 0.15) is 5.75 Å². The highest BCUT2D eigenvalue weighted by Crippen LogP contribution is 2.18. The second kappa shape index (κ2) is 5.91. The molecule has 0 radical (unpaired) electrons. The van der Waals surface area contributed by atoms with Gasteiger partial charge in [0.25, 0.3) is 0 Å². The Bertz CT molecular complexity index is 497. The van der Waals surface area contributed by atoms with Crippen LogP contribution in [-0.4, -0.2) is 16.7 Å². The summed E-state index contributed by atoms with van der Waals surface area (Å²) in [6, 6.07) is 11.0. The maximum atomic E-state index is 9.63. The minimum Gasteiger partial charge on any atom is -0.508 e. The van der Waals surface area contributed by atoms with Crippen molar-refractivity contribution in [2.24, 2.45) is 0 Å². The second-order valence-electron chi connectivity index (χ2n) is 3.80. The number of phenolic OH excluding ortho intramolecular Hbond substituents is 1. The highest BCUT2D eigenvalue weighted by molar-refractivity contribution is 5.44. The molecule has 1 aromatic carbocycles. The topological polar surface area (TPSA) is 54.4 Å². The van der Waals surface area contributed by atoms with Crippen molar-refractivity contribution in [3.63, 3.8) is 0 Å². The van der Waals surface area contributed by atoms with Crippen LogP contribution < -0.4 is 10.1 Å². The van der Waals surface area contributed by atoms with E-state index in [1.165, 1.54) is 0 Å². The largest absolute Gasteiger partial charge is 0.508 e. The number of aromatic nitrogens is 1. The van der Waals surface area contributed by atoms with Crippen molar-refractivity contribution in [2.45, 2.75) is 13.5 Å². The maximum Gasteiger partial charge on any atom is 0.213 e. The molecular weight excluding hydrogens is 228 g/mol. The van der Waals surface area contributed by atoms with Gasteiger partial charge in [-0.3, -0.25) is 0 Å². The molecule has 0 saturated carbocycles. The van der Waals surface area contributed by atoms with Crippen LogP contribution in [0.2, 0.25) is 0 Å². The van der Waals surface area contributed by atoms with Crippen molar-refractivity contribution in [1.82, 2.24) is 4.98 Å². The van der Waals surface area contributed by atoms with Crippen LogP contribution in [0.1, 0.15) is 12.5 Å². The van der Waals surface area contributed by atoms with Gasteiger partial charge in [-0.2, -0.15) is 0 Å². The Morgan fingerprint density at radius 1 is 1.22 bits per heavy atom. The van der Waals surface area contributed by atoms with Crippen molar-refractivity contribution < 1.29 is 9.84 Å². The quantitative estimate of drug-likeness (QED) is 0.849. The van der Waals surface area contributed by atoms with Crippen molar-refractivity contribution in [2.75, 3.05) is 11.9 Å². The van der Waals surface area contributed by atoms with Crippen molar-refractivity contribution in [3.8, 4) is 11.6 Å². The summed E-state index contributed by atoms with van der Waals surface area (Å²) in [5.41, 5.74) is 1.74. The van der Waals surface area contributed by atoms with Crippen LogP contribution >= 0.6 is 0 Å². The van der Waals surface area contributed by atoms with Gasteiger partial charge in [0.2, 0.25) is 5.88 Å². The standard InChI is InChI=1S/C14H16N2O2/c1-2-18-14-8-7-12(10-16-14)15-9-11-5-3-4-6-13(11)17/h3-8,10,15,17H,2,9H2,1H3. The van der Waals surface area contributed by atoms with Crippen LogP contribution in [0, 0.1) is 0 Å². The van der Waals surface area contributed by atoms with E-state index in [4.69, 9.17) is 4.74 Å². The minimum absolute atomic E-state index is 0.295. The van der Waals surface area contributed by atoms with Crippen molar-refractivity contribution >= 4 is 5.69 Å². The average Bonchev–Trinajstić information content (AvgIpc) is 2.40. The van der Waals surface area contributed by atoms with Gasteiger partial charge in [-0.25, -0.2) is 4.98 Å². The lowest BCUT2D eigenvalue weighted by molar-refractivity contribution is 0.327. The van der Waals surface area contributed by atoms with Gasteiger partial charge in [0.15, 0.2) is 0 Å². The monoisotopic (exact) mass is 244 g/mol. The fourth-order valence-electron chi connectivity index (χ4n) is 1.58. The molecule has 0 aliphatic heterocycles. The number of ether oxygens (including phenoxy) is 1. The molecule has 2 N–H and O–H groups in total. The molecule has 2 aromatic rings. The Balaban J connectivity index is 1.96. The van der Waals surface area contributed by atoms with Crippen LogP contribution in [0.3, 0.4) is 0 Å². The first-order valence-electron chi connectivity index (χ1n) is 5.89. The zero-order valence-electron chi connectivity index (χ0n) is 10.3. The van der Waals surface area contributed by atoms with E-state index in [1.54, 1.807) is 18.3 Å². The molecule has 0 aliphatic rings. The number of aromatic hydroxyl groups is 1.